The highest BCUT2D eigenvalue weighted by Gasteiger charge is 2.27. The number of ether oxygens (including phenoxy) is 1. The molecule has 6 nitrogen and oxygen atoms in total. The molecule has 0 bridgehead atoms. The molecule has 0 aromatic carbocycles. The fourth-order valence-corrected chi connectivity index (χ4v) is 2.92. The summed E-state index contributed by atoms with van der Waals surface area (Å²) in [6, 6.07) is 0. The van der Waals surface area contributed by atoms with Gasteiger partial charge in [0.05, 0.1) is 0 Å². The van der Waals surface area contributed by atoms with E-state index < -0.39 is 5.60 Å². The number of piperidine rings is 1. The number of allylic oxidation sites excluding steroid dienone is 1. The summed E-state index contributed by atoms with van der Waals surface area (Å²) < 4.78 is 5.49. The summed E-state index contributed by atoms with van der Waals surface area (Å²) in [6.45, 7) is 12.7. The normalized spacial score (nSPS) is 18.0. The van der Waals surface area contributed by atoms with Gasteiger partial charge < -0.3 is 19.9 Å². The topological polar surface area (TPSA) is 57.2 Å². The monoisotopic (exact) mass is 480 g/mol. The third kappa shape index (κ3) is 9.64. The van der Waals surface area contributed by atoms with Crippen molar-refractivity contribution in [3.63, 3.8) is 0 Å². The van der Waals surface area contributed by atoms with Gasteiger partial charge in [-0.25, -0.2) is 4.79 Å². The summed E-state index contributed by atoms with van der Waals surface area (Å²) in [5.74, 6) is 1.32. The lowest BCUT2D eigenvalue weighted by Crippen LogP contribution is -2.47. The Kier molecular flexibility index (Phi) is 11.9. The Morgan fingerprint density at radius 1 is 1.46 bits per heavy atom. The minimum atomic E-state index is -0.446. The van der Waals surface area contributed by atoms with E-state index in [-0.39, 0.29) is 30.1 Å². The number of nitrogens with zero attached hydrogens (tertiary/aromatic N) is 3. The number of rotatable bonds is 6. The zero-order chi connectivity index (χ0) is 18.9. The van der Waals surface area contributed by atoms with E-state index in [0.29, 0.717) is 5.92 Å². The molecular formula is C19H37IN4O2. The quantitative estimate of drug-likeness (QED) is 0.207. The lowest BCUT2D eigenvalue weighted by molar-refractivity contribution is 0.0168. The van der Waals surface area contributed by atoms with Gasteiger partial charge in [-0.05, 0) is 52.4 Å². The van der Waals surface area contributed by atoms with Gasteiger partial charge in [-0.1, -0.05) is 6.08 Å². The Labute approximate surface area is 176 Å². The van der Waals surface area contributed by atoms with Gasteiger partial charge in [0.2, 0.25) is 0 Å². The second-order valence-corrected chi connectivity index (χ2v) is 7.72. The number of nitrogens with one attached hydrogen (secondary N) is 1. The number of guanidine groups is 1. The Balaban J connectivity index is 0.00000625. The fraction of sp³-hybridized carbons (Fsp3) is 0.789. The maximum absolute atomic E-state index is 12.3. The van der Waals surface area contributed by atoms with Crippen LogP contribution in [0.15, 0.2) is 17.6 Å². The average Bonchev–Trinajstić information content (AvgIpc) is 2.54. The first-order valence-electron chi connectivity index (χ1n) is 9.27. The van der Waals surface area contributed by atoms with Gasteiger partial charge in [0.25, 0.3) is 0 Å². The lowest BCUT2D eigenvalue weighted by Gasteiger charge is -2.34. The van der Waals surface area contributed by atoms with Gasteiger partial charge in [-0.15, -0.1) is 30.6 Å². The minimum Gasteiger partial charge on any atom is -0.444 e. The van der Waals surface area contributed by atoms with Crippen molar-refractivity contribution in [3.05, 3.63) is 12.7 Å². The van der Waals surface area contributed by atoms with Crippen LogP contribution < -0.4 is 5.32 Å². The average molecular weight is 480 g/mol. The van der Waals surface area contributed by atoms with Gasteiger partial charge in [0, 0.05) is 40.3 Å². The standard InChI is InChI=1S/C19H36N4O2.HI/c1-7-8-9-12-22(6)17(20-5)21-14-16-11-10-13-23(15-16)18(24)25-19(2,3)4;/h7,16H,1,8-15H2,2-6H3,(H,20,21);1H. The largest absolute Gasteiger partial charge is 0.444 e. The summed E-state index contributed by atoms with van der Waals surface area (Å²) in [5.41, 5.74) is -0.446. The van der Waals surface area contributed by atoms with Crippen molar-refractivity contribution in [2.75, 3.05) is 40.3 Å². The Bertz CT molecular complexity index is 463. The molecular weight excluding hydrogens is 443 g/mol. The van der Waals surface area contributed by atoms with E-state index in [1.165, 1.54) is 0 Å². The molecule has 1 unspecified atom stereocenters. The third-order valence-corrected chi connectivity index (χ3v) is 4.19. The maximum atomic E-state index is 12.3. The second-order valence-electron chi connectivity index (χ2n) is 7.72. The van der Waals surface area contributed by atoms with Gasteiger partial charge >= 0.3 is 6.09 Å². The van der Waals surface area contributed by atoms with Crippen LogP contribution in [0.3, 0.4) is 0 Å². The number of carbonyl (C=O) groups is 1. The van der Waals surface area contributed by atoms with Crippen molar-refractivity contribution in [2.45, 2.75) is 52.1 Å². The van der Waals surface area contributed by atoms with Crippen LogP contribution in [-0.4, -0.2) is 67.7 Å². The highest BCUT2D eigenvalue weighted by atomic mass is 127. The molecule has 1 aliphatic rings. The summed E-state index contributed by atoms with van der Waals surface area (Å²) in [5, 5.41) is 3.44. The van der Waals surface area contributed by atoms with Gasteiger partial charge in [0.15, 0.2) is 5.96 Å². The van der Waals surface area contributed by atoms with Crippen LogP contribution >= 0.6 is 24.0 Å². The van der Waals surface area contributed by atoms with E-state index >= 15 is 0 Å². The summed E-state index contributed by atoms with van der Waals surface area (Å²) in [4.78, 5) is 20.6. The molecule has 26 heavy (non-hydrogen) atoms. The molecule has 0 aromatic heterocycles. The lowest BCUT2D eigenvalue weighted by atomic mass is 9.98. The molecule has 0 aromatic rings. The smallest absolute Gasteiger partial charge is 0.410 e. The van der Waals surface area contributed by atoms with E-state index in [9.17, 15) is 4.79 Å². The minimum absolute atomic E-state index is 0. The SMILES string of the molecule is C=CCCCN(C)C(=NC)NCC1CCCN(C(=O)OC(C)(C)C)C1.I. The Hall–Kier alpha value is -0.990. The zero-order valence-corrected chi connectivity index (χ0v) is 19.4. The van der Waals surface area contributed by atoms with Crippen LogP contribution in [0.4, 0.5) is 4.79 Å². The third-order valence-electron chi connectivity index (χ3n) is 4.19. The molecule has 1 aliphatic heterocycles. The molecule has 1 saturated heterocycles. The maximum Gasteiger partial charge on any atom is 0.410 e. The van der Waals surface area contributed by atoms with Gasteiger partial charge in [0.1, 0.15) is 5.60 Å². The molecule has 0 spiro atoms. The predicted octanol–water partition coefficient (Wildman–Crippen LogP) is 3.72. The van der Waals surface area contributed by atoms with Crippen molar-refractivity contribution in [2.24, 2.45) is 10.9 Å². The molecule has 0 saturated carbocycles. The molecule has 0 aliphatic carbocycles. The molecule has 0 radical (unpaired) electrons. The first kappa shape index (κ1) is 25.0. The van der Waals surface area contributed by atoms with Crippen molar-refractivity contribution in [1.82, 2.24) is 15.1 Å². The number of likely N-dealkylation sites (tertiary alicyclic amines) is 1. The molecule has 1 N–H and O–H groups in total. The van der Waals surface area contributed by atoms with Crippen LogP contribution in [-0.2, 0) is 4.74 Å². The molecule has 1 fully saturated rings. The molecule has 1 rings (SSSR count). The Morgan fingerprint density at radius 2 is 2.15 bits per heavy atom. The number of unbranched alkanes of at least 4 members (excludes halogenated alkanes) is 1. The summed E-state index contributed by atoms with van der Waals surface area (Å²) in [7, 11) is 3.85. The summed E-state index contributed by atoms with van der Waals surface area (Å²) in [6.07, 6.45) is 5.94. The van der Waals surface area contributed by atoms with E-state index in [2.05, 4.69) is 21.8 Å². The van der Waals surface area contributed by atoms with E-state index in [1.54, 1.807) is 7.05 Å². The van der Waals surface area contributed by atoms with Crippen molar-refractivity contribution in [3.8, 4) is 0 Å². The highest BCUT2D eigenvalue weighted by molar-refractivity contribution is 14.0. The zero-order valence-electron chi connectivity index (χ0n) is 17.1. The van der Waals surface area contributed by atoms with Crippen LogP contribution in [0.2, 0.25) is 0 Å². The number of carbonyl (C=O) groups excluding carboxylic acids is 1. The number of aliphatic imine (C=N–C) groups is 1. The first-order valence-corrected chi connectivity index (χ1v) is 9.27. The van der Waals surface area contributed by atoms with E-state index in [4.69, 9.17) is 4.74 Å². The van der Waals surface area contributed by atoms with E-state index in [1.807, 2.05) is 38.8 Å². The van der Waals surface area contributed by atoms with Crippen molar-refractivity contribution >= 4 is 36.0 Å². The molecule has 152 valence electrons. The number of hydrogen-bond donors (Lipinski definition) is 1. The summed E-state index contributed by atoms with van der Waals surface area (Å²) >= 11 is 0. The number of hydrogen-bond acceptors (Lipinski definition) is 3. The van der Waals surface area contributed by atoms with Crippen LogP contribution in [0.25, 0.3) is 0 Å². The predicted molar refractivity (Wildman–Crippen MR) is 119 cm³/mol. The number of amides is 1. The van der Waals surface area contributed by atoms with Crippen molar-refractivity contribution in [1.29, 1.82) is 0 Å². The molecule has 1 atom stereocenters. The molecule has 7 heteroatoms. The van der Waals surface area contributed by atoms with Gasteiger partial charge in [-0.3, -0.25) is 4.99 Å². The Morgan fingerprint density at radius 3 is 2.73 bits per heavy atom. The second kappa shape index (κ2) is 12.4. The molecule has 1 amide bonds. The van der Waals surface area contributed by atoms with Crippen LogP contribution in [0.5, 0.6) is 0 Å². The van der Waals surface area contributed by atoms with E-state index in [0.717, 1.165) is 57.8 Å². The van der Waals surface area contributed by atoms with Crippen molar-refractivity contribution < 1.29 is 9.53 Å². The van der Waals surface area contributed by atoms with Gasteiger partial charge in [-0.2, -0.15) is 0 Å². The molecule has 1 heterocycles. The van der Waals surface area contributed by atoms with Crippen LogP contribution in [0, 0.1) is 5.92 Å². The fourth-order valence-electron chi connectivity index (χ4n) is 2.92. The highest BCUT2D eigenvalue weighted by Crippen LogP contribution is 2.19. The van der Waals surface area contributed by atoms with Crippen LogP contribution in [0.1, 0.15) is 46.5 Å². The number of halogens is 1. The first-order chi connectivity index (χ1) is 11.8.